The molecule has 1 atom stereocenters. The third-order valence-corrected chi connectivity index (χ3v) is 3.83. The van der Waals surface area contributed by atoms with E-state index in [-0.39, 0.29) is 18.2 Å². The summed E-state index contributed by atoms with van der Waals surface area (Å²) in [5.74, 6) is -1.46. The number of rotatable bonds is 2. The Morgan fingerprint density at radius 2 is 2.20 bits per heavy atom. The molecular formula is C14H12ClNO4. The quantitative estimate of drug-likeness (QED) is 0.924. The van der Waals surface area contributed by atoms with Crippen molar-refractivity contribution in [3.63, 3.8) is 0 Å². The molecule has 1 unspecified atom stereocenters. The van der Waals surface area contributed by atoms with Crippen molar-refractivity contribution in [3.8, 4) is 0 Å². The summed E-state index contributed by atoms with van der Waals surface area (Å²) in [6.45, 7) is 0.652. The summed E-state index contributed by atoms with van der Waals surface area (Å²) in [6, 6.07) is 6.92. The number of furan rings is 1. The third kappa shape index (κ3) is 2.14. The van der Waals surface area contributed by atoms with Crippen LogP contribution in [0.1, 0.15) is 17.0 Å². The molecule has 5 nitrogen and oxygen atoms in total. The molecule has 2 heterocycles. The van der Waals surface area contributed by atoms with Gasteiger partial charge in [-0.3, -0.25) is 9.59 Å². The van der Waals surface area contributed by atoms with E-state index in [1.807, 2.05) is 6.07 Å². The SMILES string of the molecule is O=C(O)C1CCN(C(=O)c2cc3cccc(Cl)c3o2)C1. The fourth-order valence-corrected chi connectivity index (χ4v) is 2.66. The highest BCUT2D eigenvalue weighted by Gasteiger charge is 2.32. The van der Waals surface area contributed by atoms with E-state index < -0.39 is 11.9 Å². The lowest BCUT2D eigenvalue weighted by atomic mass is 10.1. The molecule has 20 heavy (non-hydrogen) atoms. The van der Waals surface area contributed by atoms with E-state index in [0.717, 1.165) is 5.39 Å². The van der Waals surface area contributed by atoms with Crippen molar-refractivity contribution >= 4 is 34.4 Å². The zero-order valence-electron chi connectivity index (χ0n) is 10.5. The Kier molecular flexibility index (Phi) is 3.14. The predicted octanol–water partition coefficient (Wildman–Crippen LogP) is 2.63. The standard InChI is InChI=1S/C14H12ClNO4/c15-10-3-1-2-8-6-11(20-12(8)10)13(17)16-5-4-9(7-16)14(18)19/h1-3,6,9H,4-5,7H2,(H,18,19). The number of likely N-dealkylation sites (tertiary alicyclic amines) is 1. The number of hydrogen-bond acceptors (Lipinski definition) is 3. The summed E-state index contributed by atoms with van der Waals surface area (Å²) in [4.78, 5) is 24.7. The molecule has 1 aliphatic rings. The normalized spacial score (nSPS) is 18.6. The Balaban J connectivity index is 1.86. The van der Waals surface area contributed by atoms with Crippen molar-refractivity contribution in [1.29, 1.82) is 0 Å². The topological polar surface area (TPSA) is 70.8 Å². The summed E-state index contributed by atoms with van der Waals surface area (Å²) in [5.41, 5.74) is 0.478. The molecule has 3 rings (SSSR count). The minimum atomic E-state index is -0.868. The summed E-state index contributed by atoms with van der Waals surface area (Å²) in [6.07, 6.45) is 0.474. The van der Waals surface area contributed by atoms with Crippen LogP contribution >= 0.6 is 11.6 Å². The van der Waals surface area contributed by atoms with E-state index >= 15 is 0 Å². The van der Waals surface area contributed by atoms with Gasteiger partial charge in [-0.15, -0.1) is 0 Å². The average molecular weight is 294 g/mol. The number of carboxylic acid groups (broad SMARTS) is 1. The van der Waals surface area contributed by atoms with Crippen molar-refractivity contribution in [1.82, 2.24) is 4.90 Å². The number of halogens is 1. The van der Waals surface area contributed by atoms with Gasteiger partial charge in [0.1, 0.15) is 0 Å². The van der Waals surface area contributed by atoms with Crippen LogP contribution in [0, 0.1) is 5.92 Å². The van der Waals surface area contributed by atoms with Gasteiger partial charge in [0.25, 0.3) is 5.91 Å². The lowest BCUT2D eigenvalue weighted by molar-refractivity contribution is -0.141. The molecule has 0 aliphatic carbocycles. The maximum atomic E-state index is 12.3. The van der Waals surface area contributed by atoms with Crippen molar-refractivity contribution < 1.29 is 19.1 Å². The number of amides is 1. The highest BCUT2D eigenvalue weighted by Crippen LogP contribution is 2.28. The van der Waals surface area contributed by atoms with Crippen LogP contribution in [-0.2, 0) is 4.79 Å². The van der Waals surface area contributed by atoms with Crippen LogP contribution in [0.2, 0.25) is 5.02 Å². The van der Waals surface area contributed by atoms with Crippen LogP contribution in [0.5, 0.6) is 0 Å². The number of fused-ring (bicyclic) bond motifs is 1. The summed E-state index contributed by atoms with van der Waals surface area (Å²) in [7, 11) is 0. The van der Waals surface area contributed by atoms with Crippen LogP contribution in [0.4, 0.5) is 0 Å². The molecule has 1 fully saturated rings. The molecule has 6 heteroatoms. The van der Waals surface area contributed by atoms with Gasteiger partial charge in [0.15, 0.2) is 11.3 Å². The molecule has 0 saturated carbocycles. The summed E-state index contributed by atoms with van der Waals surface area (Å²) >= 11 is 6.00. The van der Waals surface area contributed by atoms with Crippen LogP contribution in [0.25, 0.3) is 11.0 Å². The molecule has 1 aromatic carbocycles. The second kappa shape index (κ2) is 4.83. The predicted molar refractivity (Wildman–Crippen MR) is 72.9 cm³/mol. The maximum absolute atomic E-state index is 12.3. The van der Waals surface area contributed by atoms with Gasteiger partial charge in [0.2, 0.25) is 0 Å². The maximum Gasteiger partial charge on any atom is 0.308 e. The first-order chi connectivity index (χ1) is 9.56. The fourth-order valence-electron chi connectivity index (χ4n) is 2.44. The fraction of sp³-hybridized carbons (Fsp3) is 0.286. The van der Waals surface area contributed by atoms with E-state index in [2.05, 4.69) is 0 Å². The molecule has 0 bridgehead atoms. The number of hydrogen-bond donors (Lipinski definition) is 1. The molecule has 1 amide bonds. The van der Waals surface area contributed by atoms with Crippen molar-refractivity contribution in [3.05, 3.63) is 35.0 Å². The van der Waals surface area contributed by atoms with E-state index in [1.165, 1.54) is 4.90 Å². The number of carboxylic acids is 1. The van der Waals surface area contributed by atoms with Crippen molar-refractivity contribution in [2.75, 3.05) is 13.1 Å². The third-order valence-electron chi connectivity index (χ3n) is 3.53. The number of carbonyl (C=O) groups excluding carboxylic acids is 1. The first kappa shape index (κ1) is 13.0. The van der Waals surface area contributed by atoms with Gasteiger partial charge in [-0.05, 0) is 18.6 Å². The first-order valence-corrected chi connectivity index (χ1v) is 6.64. The Labute approximate surface area is 119 Å². The van der Waals surface area contributed by atoms with Gasteiger partial charge in [0.05, 0.1) is 10.9 Å². The molecule has 2 aromatic rings. The Hall–Kier alpha value is -2.01. The van der Waals surface area contributed by atoms with Gasteiger partial charge in [-0.1, -0.05) is 23.7 Å². The van der Waals surface area contributed by atoms with Gasteiger partial charge < -0.3 is 14.4 Å². The van der Waals surface area contributed by atoms with Gasteiger partial charge in [0, 0.05) is 18.5 Å². The lowest BCUT2D eigenvalue weighted by Crippen LogP contribution is -2.29. The van der Waals surface area contributed by atoms with Gasteiger partial charge >= 0.3 is 5.97 Å². The largest absolute Gasteiger partial charge is 0.481 e. The van der Waals surface area contributed by atoms with Crippen LogP contribution in [-0.4, -0.2) is 35.0 Å². The zero-order valence-corrected chi connectivity index (χ0v) is 11.3. The van der Waals surface area contributed by atoms with Gasteiger partial charge in [-0.25, -0.2) is 0 Å². The van der Waals surface area contributed by atoms with Crippen LogP contribution in [0.15, 0.2) is 28.7 Å². The molecule has 1 aromatic heterocycles. The molecule has 104 valence electrons. The number of nitrogens with zero attached hydrogens (tertiary/aromatic N) is 1. The number of aliphatic carboxylic acids is 1. The van der Waals surface area contributed by atoms with Crippen molar-refractivity contribution in [2.24, 2.45) is 5.92 Å². The molecule has 1 N–H and O–H groups in total. The Morgan fingerprint density at radius 3 is 2.85 bits per heavy atom. The molecule has 0 radical (unpaired) electrons. The number of benzene rings is 1. The van der Waals surface area contributed by atoms with Crippen LogP contribution < -0.4 is 0 Å². The molecule has 1 saturated heterocycles. The number of para-hydroxylation sites is 1. The number of carbonyl (C=O) groups is 2. The minimum Gasteiger partial charge on any atom is -0.481 e. The molecule has 1 aliphatic heterocycles. The lowest BCUT2D eigenvalue weighted by Gasteiger charge is -2.13. The second-order valence-corrected chi connectivity index (χ2v) is 5.25. The van der Waals surface area contributed by atoms with Crippen LogP contribution in [0.3, 0.4) is 0 Å². The summed E-state index contributed by atoms with van der Waals surface area (Å²) < 4.78 is 5.50. The highest BCUT2D eigenvalue weighted by atomic mass is 35.5. The van der Waals surface area contributed by atoms with E-state index in [1.54, 1.807) is 18.2 Å². The Bertz CT molecular complexity index is 694. The van der Waals surface area contributed by atoms with Crippen molar-refractivity contribution in [2.45, 2.75) is 6.42 Å². The first-order valence-electron chi connectivity index (χ1n) is 6.26. The van der Waals surface area contributed by atoms with E-state index in [0.29, 0.717) is 23.6 Å². The monoisotopic (exact) mass is 293 g/mol. The van der Waals surface area contributed by atoms with E-state index in [4.69, 9.17) is 21.1 Å². The zero-order chi connectivity index (χ0) is 14.3. The smallest absolute Gasteiger partial charge is 0.308 e. The summed E-state index contributed by atoms with van der Waals surface area (Å²) in [5, 5.41) is 10.2. The average Bonchev–Trinajstić information content (AvgIpc) is 3.05. The molecular weight excluding hydrogens is 282 g/mol. The van der Waals surface area contributed by atoms with E-state index in [9.17, 15) is 9.59 Å². The molecule has 0 spiro atoms. The second-order valence-electron chi connectivity index (χ2n) is 4.84. The minimum absolute atomic E-state index is 0.194. The van der Waals surface area contributed by atoms with Gasteiger partial charge in [-0.2, -0.15) is 0 Å². The Morgan fingerprint density at radius 1 is 1.40 bits per heavy atom. The highest BCUT2D eigenvalue weighted by molar-refractivity contribution is 6.34.